The number of hydrogen-bond acceptors (Lipinski definition) is 5. The van der Waals surface area contributed by atoms with Crippen molar-refractivity contribution in [1.29, 1.82) is 0 Å². The number of imide groups is 2. The van der Waals surface area contributed by atoms with Crippen LogP contribution in [0.15, 0.2) is 24.3 Å². The predicted molar refractivity (Wildman–Crippen MR) is 99.3 cm³/mol. The molecule has 1 aliphatic carbocycles. The van der Waals surface area contributed by atoms with Crippen molar-refractivity contribution in [2.24, 2.45) is 0 Å². The molecular formula is C19H22N4O5. The number of amides is 6. The first-order valence-electron chi connectivity index (χ1n) is 9.29. The number of nitrogens with one attached hydrogen (secondary N) is 2. The number of benzene rings is 1. The Morgan fingerprint density at radius 1 is 1.11 bits per heavy atom. The highest BCUT2D eigenvalue weighted by Gasteiger charge is 2.48. The van der Waals surface area contributed by atoms with Crippen LogP contribution in [0.25, 0.3) is 0 Å². The van der Waals surface area contributed by atoms with Gasteiger partial charge in [0.1, 0.15) is 6.54 Å². The molecule has 28 heavy (non-hydrogen) atoms. The minimum Gasteiger partial charge on any atom is -0.352 e. The maximum atomic E-state index is 12.5. The number of hydrogen-bond donors (Lipinski definition) is 2. The normalized spacial score (nSPS) is 17.4. The van der Waals surface area contributed by atoms with Crippen LogP contribution in [0.2, 0.25) is 0 Å². The fourth-order valence-corrected chi connectivity index (χ4v) is 3.49. The molecule has 1 saturated carbocycles. The first kappa shape index (κ1) is 19.5. The highest BCUT2D eigenvalue weighted by molar-refractivity contribution is 6.45. The smallest absolute Gasteiger partial charge is 0.334 e. The predicted octanol–water partition coefficient (Wildman–Crippen LogP) is 1.11. The van der Waals surface area contributed by atoms with Crippen molar-refractivity contribution in [3.05, 3.63) is 29.8 Å². The molecule has 1 heterocycles. The lowest BCUT2D eigenvalue weighted by molar-refractivity contribution is -0.144. The maximum Gasteiger partial charge on any atom is 0.334 e. The minimum absolute atomic E-state index is 0.272. The Morgan fingerprint density at radius 2 is 1.82 bits per heavy atom. The second kappa shape index (κ2) is 8.20. The molecule has 2 N–H and O–H groups in total. The van der Waals surface area contributed by atoms with E-state index in [0.29, 0.717) is 35.5 Å². The number of carbonyl (C=O) groups is 5. The zero-order valence-electron chi connectivity index (χ0n) is 15.6. The van der Waals surface area contributed by atoms with Crippen molar-refractivity contribution in [1.82, 2.24) is 15.1 Å². The van der Waals surface area contributed by atoms with Gasteiger partial charge < -0.3 is 10.6 Å². The van der Waals surface area contributed by atoms with Crippen LogP contribution in [0.3, 0.4) is 0 Å². The molecule has 2 fully saturated rings. The molecule has 0 atom stereocenters. The van der Waals surface area contributed by atoms with Crippen LogP contribution in [0.4, 0.5) is 10.5 Å². The lowest BCUT2D eigenvalue weighted by atomic mass is 10.2. The molecule has 0 aromatic heterocycles. The van der Waals surface area contributed by atoms with E-state index in [0.717, 1.165) is 17.7 Å². The molecule has 2 aliphatic rings. The lowest BCUT2D eigenvalue weighted by Gasteiger charge is -2.20. The van der Waals surface area contributed by atoms with E-state index in [2.05, 4.69) is 10.6 Å². The average Bonchev–Trinajstić information content (AvgIpc) is 3.26. The Labute approximate surface area is 162 Å². The SMILES string of the molecule is CCNC(=O)c1cccc(NC(=O)CN2C(=O)C(=O)N(C3CCCC3)C2=O)c1. The number of rotatable bonds is 6. The van der Waals surface area contributed by atoms with Crippen molar-refractivity contribution >= 4 is 35.3 Å². The molecule has 1 aliphatic heterocycles. The standard InChI is InChI=1S/C19H22N4O5/c1-2-20-16(25)12-6-5-7-13(10-12)21-15(24)11-22-17(26)18(27)23(19(22)28)14-8-3-4-9-14/h5-7,10,14H,2-4,8-9,11H2,1H3,(H,20,25)(H,21,24). The first-order valence-corrected chi connectivity index (χ1v) is 9.29. The summed E-state index contributed by atoms with van der Waals surface area (Å²) in [5.74, 6) is -2.76. The topological polar surface area (TPSA) is 116 Å². The third-order valence-electron chi connectivity index (χ3n) is 4.82. The Bertz CT molecular complexity index is 831. The van der Waals surface area contributed by atoms with E-state index in [-0.39, 0.29) is 11.9 Å². The molecule has 0 spiro atoms. The van der Waals surface area contributed by atoms with Gasteiger partial charge in [-0.25, -0.2) is 9.69 Å². The maximum absolute atomic E-state index is 12.5. The third-order valence-corrected chi connectivity index (χ3v) is 4.82. The van der Waals surface area contributed by atoms with Gasteiger partial charge in [-0.15, -0.1) is 0 Å². The number of anilines is 1. The van der Waals surface area contributed by atoms with Gasteiger partial charge in [-0.05, 0) is 38.0 Å². The van der Waals surface area contributed by atoms with Crippen LogP contribution in [-0.2, 0) is 14.4 Å². The molecule has 0 radical (unpaired) electrons. The summed E-state index contributed by atoms with van der Waals surface area (Å²) >= 11 is 0. The van der Waals surface area contributed by atoms with Crippen molar-refractivity contribution in [3.63, 3.8) is 0 Å². The summed E-state index contributed by atoms with van der Waals surface area (Å²) in [6.45, 7) is 1.71. The van der Waals surface area contributed by atoms with E-state index in [1.165, 1.54) is 6.07 Å². The molecule has 1 saturated heterocycles. The summed E-state index contributed by atoms with van der Waals surface area (Å²) < 4.78 is 0. The molecule has 9 heteroatoms. The van der Waals surface area contributed by atoms with Gasteiger partial charge in [0.25, 0.3) is 5.91 Å². The van der Waals surface area contributed by atoms with Gasteiger partial charge >= 0.3 is 17.8 Å². The molecule has 0 bridgehead atoms. The largest absolute Gasteiger partial charge is 0.352 e. The molecule has 6 amide bonds. The van der Waals surface area contributed by atoms with Crippen molar-refractivity contribution in [3.8, 4) is 0 Å². The highest BCUT2D eigenvalue weighted by Crippen LogP contribution is 2.27. The number of urea groups is 1. The summed E-state index contributed by atoms with van der Waals surface area (Å²) in [5, 5.41) is 5.21. The van der Waals surface area contributed by atoms with E-state index in [1.54, 1.807) is 25.1 Å². The molecular weight excluding hydrogens is 364 g/mol. The minimum atomic E-state index is -0.983. The summed E-state index contributed by atoms with van der Waals surface area (Å²) in [6.07, 6.45) is 3.16. The fraction of sp³-hybridized carbons (Fsp3) is 0.421. The fourth-order valence-electron chi connectivity index (χ4n) is 3.49. The molecule has 9 nitrogen and oxygen atoms in total. The second-order valence-electron chi connectivity index (χ2n) is 6.78. The van der Waals surface area contributed by atoms with Gasteiger partial charge in [0.2, 0.25) is 5.91 Å². The Hall–Kier alpha value is -3.23. The lowest BCUT2D eigenvalue weighted by Crippen LogP contribution is -2.41. The zero-order chi connectivity index (χ0) is 20.3. The van der Waals surface area contributed by atoms with E-state index < -0.39 is 30.3 Å². The molecule has 3 rings (SSSR count). The van der Waals surface area contributed by atoms with Crippen LogP contribution in [-0.4, -0.2) is 58.6 Å². The van der Waals surface area contributed by atoms with Crippen LogP contribution in [0.1, 0.15) is 43.0 Å². The van der Waals surface area contributed by atoms with E-state index in [4.69, 9.17) is 0 Å². The summed E-state index contributed by atoms with van der Waals surface area (Å²) in [5.41, 5.74) is 0.724. The van der Waals surface area contributed by atoms with E-state index in [9.17, 15) is 24.0 Å². The van der Waals surface area contributed by atoms with Gasteiger partial charge in [-0.3, -0.25) is 24.1 Å². The van der Waals surface area contributed by atoms with Gasteiger partial charge in [0, 0.05) is 23.8 Å². The van der Waals surface area contributed by atoms with E-state index >= 15 is 0 Å². The Morgan fingerprint density at radius 3 is 2.50 bits per heavy atom. The second-order valence-corrected chi connectivity index (χ2v) is 6.78. The van der Waals surface area contributed by atoms with Crippen LogP contribution >= 0.6 is 0 Å². The zero-order valence-corrected chi connectivity index (χ0v) is 15.6. The summed E-state index contributed by atoms with van der Waals surface area (Å²) in [6, 6.07) is 5.28. The quantitative estimate of drug-likeness (QED) is 0.561. The molecule has 148 valence electrons. The Balaban J connectivity index is 1.65. The van der Waals surface area contributed by atoms with E-state index in [1.807, 2.05) is 0 Å². The molecule has 1 aromatic carbocycles. The first-order chi connectivity index (χ1) is 13.4. The summed E-state index contributed by atoms with van der Waals surface area (Å²) in [4.78, 5) is 62.7. The molecule has 0 unspecified atom stereocenters. The van der Waals surface area contributed by atoms with Gasteiger partial charge in [-0.2, -0.15) is 0 Å². The monoisotopic (exact) mass is 386 g/mol. The third kappa shape index (κ3) is 3.88. The number of carbonyl (C=O) groups excluding carboxylic acids is 5. The molecule has 1 aromatic rings. The number of nitrogens with zero attached hydrogens (tertiary/aromatic N) is 2. The van der Waals surface area contributed by atoms with Gasteiger partial charge in [0.15, 0.2) is 0 Å². The highest BCUT2D eigenvalue weighted by atomic mass is 16.2. The van der Waals surface area contributed by atoms with Crippen molar-refractivity contribution in [2.45, 2.75) is 38.6 Å². The Kier molecular flexibility index (Phi) is 5.72. The van der Waals surface area contributed by atoms with Crippen molar-refractivity contribution < 1.29 is 24.0 Å². The van der Waals surface area contributed by atoms with Crippen LogP contribution in [0, 0.1) is 0 Å². The van der Waals surface area contributed by atoms with Crippen LogP contribution < -0.4 is 10.6 Å². The van der Waals surface area contributed by atoms with Crippen molar-refractivity contribution in [2.75, 3.05) is 18.4 Å². The van der Waals surface area contributed by atoms with Crippen LogP contribution in [0.5, 0.6) is 0 Å². The average molecular weight is 386 g/mol. The summed E-state index contributed by atoms with van der Waals surface area (Å²) in [7, 11) is 0. The van der Waals surface area contributed by atoms with Gasteiger partial charge in [0.05, 0.1) is 0 Å². The van der Waals surface area contributed by atoms with Gasteiger partial charge in [-0.1, -0.05) is 18.9 Å².